The lowest BCUT2D eigenvalue weighted by atomic mass is 10.3. The third-order valence-electron chi connectivity index (χ3n) is 4.30. The van der Waals surface area contributed by atoms with Crippen LogP contribution in [0.3, 0.4) is 0 Å². The van der Waals surface area contributed by atoms with Gasteiger partial charge in [0.1, 0.15) is 17.2 Å². The quantitative estimate of drug-likeness (QED) is 0.309. The normalized spacial score (nSPS) is 11.3. The van der Waals surface area contributed by atoms with Crippen LogP contribution in [-0.2, 0) is 0 Å². The zero-order valence-electron chi connectivity index (χ0n) is 16.8. The number of nitrogens with one attached hydrogen (secondary N) is 3. The average Bonchev–Trinajstić information content (AvgIpc) is 3.16. The number of imidazole rings is 1. The Labute approximate surface area is 193 Å². The molecule has 8 nitrogen and oxygen atoms in total. The van der Waals surface area contributed by atoms with Gasteiger partial charge in [-0.1, -0.05) is 15.9 Å². The second kappa shape index (κ2) is 8.98. The number of anilines is 2. The number of halogens is 4. The lowest BCUT2D eigenvalue weighted by molar-refractivity contribution is -0.274. The Balaban J connectivity index is 1.57. The SMILES string of the molecule is CNC(=O)c1cc(Oc2ccc3nc(Nc4ccc(Br)cc4OC(F)(F)F)[nH]c3c2)ccn1. The van der Waals surface area contributed by atoms with Crippen molar-refractivity contribution < 1.29 is 27.4 Å². The highest BCUT2D eigenvalue weighted by atomic mass is 79.9. The Morgan fingerprint density at radius 1 is 1.09 bits per heavy atom. The summed E-state index contributed by atoms with van der Waals surface area (Å²) in [5.74, 6) is 0.316. The van der Waals surface area contributed by atoms with Crippen LogP contribution in [0.15, 0.2) is 59.2 Å². The zero-order chi connectivity index (χ0) is 23.6. The van der Waals surface area contributed by atoms with Crippen LogP contribution in [0.4, 0.5) is 24.8 Å². The van der Waals surface area contributed by atoms with Crippen molar-refractivity contribution in [3.63, 3.8) is 0 Å². The molecule has 0 bridgehead atoms. The van der Waals surface area contributed by atoms with E-state index < -0.39 is 12.1 Å². The number of ether oxygens (including phenoxy) is 2. The summed E-state index contributed by atoms with van der Waals surface area (Å²) in [4.78, 5) is 23.0. The van der Waals surface area contributed by atoms with E-state index in [1.54, 1.807) is 30.3 Å². The van der Waals surface area contributed by atoms with Gasteiger partial charge >= 0.3 is 6.36 Å². The minimum absolute atomic E-state index is 0.0737. The number of carbonyl (C=O) groups excluding carboxylic acids is 1. The molecule has 0 aliphatic heterocycles. The van der Waals surface area contributed by atoms with Gasteiger partial charge in [-0.15, -0.1) is 13.2 Å². The lowest BCUT2D eigenvalue weighted by Gasteiger charge is -2.13. The Morgan fingerprint density at radius 3 is 2.64 bits per heavy atom. The van der Waals surface area contributed by atoms with E-state index in [9.17, 15) is 18.0 Å². The first-order valence-corrected chi connectivity index (χ1v) is 10.2. The van der Waals surface area contributed by atoms with Gasteiger partial charge < -0.3 is 25.1 Å². The van der Waals surface area contributed by atoms with Gasteiger partial charge in [0, 0.05) is 29.8 Å². The van der Waals surface area contributed by atoms with Crippen LogP contribution in [-0.4, -0.2) is 34.3 Å². The van der Waals surface area contributed by atoms with Crippen LogP contribution < -0.4 is 20.1 Å². The number of amides is 1. The fraction of sp³-hybridized carbons (Fsp3) is 0.0952. The number of pyridine rings is 1. The van der Waals surface area contributed by atoms with Gasteiger partial charge in [0.2, 0.25) is 5.95 Å². The van der Waals surface area contributed by atoms with Crippen molar-refractivity contribution in [3.8, 4) is 17.2 Å². The number of aromatic nitrogens is 3. The molecule has 33 heavy (non-hydrogen) atoms. The molecule has 0 unspecified atom stereocenters. The second-order valence-electron chi connectivity index (χ2n) is 6.64. The van der Waals surface area contributed by atoms with Crippen LogP contribution >= 0.6 is 15.9 Å². The van der Waals surface area contributed by atoms with E-state index in [-0.39, 0.29) is 23.2 Å². The number of aromatic amines is 1. The topological polar surface area (TPSA) is 101 Å². The molecule has 0 spiro atoms. The highest BCUT2D eigenvalue weighted by Crippen LogP contribution is 2.35. The second-order valence-corrected chi connectivity index (χ2v) is 7.55. The minimum Gasteiger partial charge on any atom is -0.457 e. The highest BCUT2D eigenvalue weighted by Gasteiger charge is 2.32. The summed E-state index contributed by atoms with van der Waals surface area (Å²) in [6, 6.07) is 12.3. The number of hydrogen-bond donors (Lipinski definition) is 3. The predicted molar refractivity (Wildman–Crippen MR) is 118 cm³/mol. The molecule has 2 heterocycles. The molecular formula is C21H15BrF3N5O3. The number of H-pyrrole nitrogens is 1. The molecule has 0 fully saturated rings. The van der Waals surface area contributed by atoms with Gasteiger partial charge in [-0.25, -0.2) is 4.98 Å². The van der Waals surface area contributed by atoms with Crippen LogP contribution in [0.2, 0.25) is 0 Å². The Morgan fingerprint density at radius 2 is 1.88 bits per heavy atom. The fourth-order valence-electron chi connectivity index (χ4n) is 2.91. The molecule has 0 atom stereocenters. The fourth-order valence-corrected chi connectivity index (χ4v) is 3.25. The van der Waals surface area contributed by atoms with E-state index in [4.69, 9.17) is 4.74 Å². The number of benzene rings is 2. The zero-order valence-corrected chi connectivity index (χ0v) is 18.4. The van der Waals surface area contributed by atoms with E-state index in [1.807, 2.05) is 0 Å². The van der Waals surface area contributed by atoms with Gasteiger partial charge in [0.25, 0.3) is 5.91 Å². The first kappa shape index (κ1) is 22.4. The molecule has 1 amide bonds. The van der Waals surface area contributed by atoms with Crippen LogP contribution in [0.25, 0.3) is 11.0 Å². The summed E-state index contributed by atoms with van der Waals surface area (Å²) in [7, 11) is 1.50. The first-order valence-electron chi connectivity index (χ1n) is 9.38. The third-order valence-corrected chi connectivity index (χ3v) is 4.80. The minimum atomic E-state index is -4.85. The molecule has 170 valence electrons. The standard InChI is InChI=1S/C21H15BrF3N5O3/c1-26-19(31)17-10-13(6-7-27-17)32-12-3-5-14-16(9-12)30-20(28-14)29-15-4-2-11(22)8-18(15)33-21(23,24)25/h2-10H,1H3,(H,26,31)(H2,28,29,30). The maximum Gasteiger partial charge on any atom is 0.573 e. The number of rotatable bonds is 6. The van der Waals surface area contributed by atoms with Crippen molar-refractivity contribution in [3.05, 3.63) is 64.9 Å². The number of alkyl halides is 3. The summed E-state index contributed by atoms with van der Waals surface area (Å²) in [5.41, 5.74) is 1.41. The summed E-state index contributed by atoms with van der Waals surface area (Å²) in [6.45, 7) is 0. The van der Waals surface area contributed by atoms with Crippen LogP contribution in [0.1, 0.15) is 10.5 Å². The van der Waals surface area contributed by atoms with E-state index in [0.717, 1.165) is 0 Å². The van der Waals surface area contributed by atoms with Crippen molar-refractivity contribution in [2.45, 2.75) is 6.36 Å². The Bertz CT molecular complexity index is 1330. The summed E-state index contributed by atoms with van der Waals surface area (Å²) in [5, 5.41) is 5.29. The van der Waals surface area contributed by atoms with Crippen LogP contribution in [0, 0.1) is 0 Å². The highest BCUT2D eigenvalue weighted by molar-refractivity contribution is 9.10. The van der Waals surface area contributed by atoms with E-state index in [0.29, 0.717) is 27.0 Å². The molecule has 0 saturated heterocycles. The van der Waals surface area contributed by atoms with Crippen molar-refractivity contribution in [2.24, 2.45) is 0 Å². The molecule has 2 aromatic carbocycles. The maximum atomic E-state index is 12.7. The predicted octanol–water partition coefficient (Wildman–Crippen LogP) is 5.51. The van der Waals surface area contributed by atoms with Crippen molar-refractivity contribution in [2.75, 3.05) is 12.4 Å². The number of fused-ring (bicyclic) bond motifs is 1. The lowest BCUT2D eigenvalue weighted by Crippen LogP contribution is -2.18. The van der Waals surface area contributed by atoms with Crippen molar-refractivity contribution in [1.82, 2.24) is 20.3 Å². The largest absolute Gasteiger partial charge is 0.573 e. The molecule has 2 aromatic heterocycles. The summed E-state index contributed by atoms with van der Waals surface area (Å²) < 4.78 is 48.5. The molecule has 12 heteroatoms. The molecule has 4 aromatic rings. The third kappa shape index (κ3) is 5.52. The van der Waals surface area contributed by atoms with E-state index in [1.165, 1.54) is 31.4 Å². The smallest absolute Gasteiger partial charge is 0.457 e. The van der Waals surface area contributed by atoms with Gasteiger partial charge in [0.15, 0.2) is 5.75 Å². The van der Waals surface area contributed by atoms with Crippen molar-refractivity contribution >= 4 is 44.5 Å². The number of nitrogens with zero attached hydrogens (tertiary/aromatic N) is 2. The molecule has 0 aliphatic carbocycles. The monoisotopic (exact) mass is 521 g/mol. The Hall–Kier alpha value is -3.80. The van der Waals surface area contributed by atoms with E-state index in [2.05, 4.69) is 46.3 Å². The van der Waals surface area contributed by atoms with Gasteiger partial charge in [-0.05, 0) is 36.4 Å². The van der Waals surface area contributed by atoms with Gasteiger partial charge in [0.05, 0.1) is 16.7 Å². The molecule has 0 aliphatic rings. The molecule has 3 N–H and O–H groups in total. The Kier molecular flexibility index (Phi) is 6.09. The van der Waals surface area contributed by atoms with Crippen LogP contribution in [0.5, 0.6) is 17.2 Å². The number of carbonyl (C=O) groups is 1. The molecule has 4 rings (SSSR count). The van der Waals surface area contributed by atoms with Crippen molar-refractivity contribution in [1.29, 1.82) is 0 Å². The van der Waals surface area contributed by atoms with Gasteiger partial charge in [-0.2, -0.15) is 0 Å². The van der Waals surface area contributed by atoms with Gasteiger partial charge in [-0.3, -0.25) is 9.78 Å². The maximum absolute atomic E-state index is 12.7. The molecular weight excluding hydrogens is 507 g/mol. The summed E-state index contributed by atoms with van der Waals surface area (Å²) >= 11 is 3.13. The first-order chi connectivity index (χ1) is 15.7. The number of hydrogen-bond acceptors (Lipinski definition) is 6. The summed E-state index contributed by atoms with van der Waals surface area (Å²) in [6.07, 6.45) is -3.39. The molecule has 0 radical (unpaired) electrons. The molecule has 0 saturated carbocycles. The van der Waals surface area contributed by atoms with E-state index >= 15 is 0 Å². The average molecular weight is 522 g/mol.